The van der Waals surface area contributed by atoms with Crippen molar-refractivity contribution in [2.75, 3.05) is 0 Å². The summed E-state index contributed by atoms with van der Waals surface area (Å²) in [5.74, 6) is 0. The molecule has 0 spiro atoms. The van der Waals surface area contributed by atoms with E-state index in [4.69, 9.17) is 0 Å². The zero-order valence-corrected chi connectivity index (χ0v) is 18.4. The van der Waals surface area contributed by atoms with E-state index in [9.17, 15) is 0 Å². The van der Waals surface area contributed by atoms with Crippen LogP contribution in [0.5, 0.6) is 0 Å². The highest BCUT2D eigenvalue weighted by Crippen LogP contribution is 2.54. The van der Waals surface area contributed by atoms with Crippen LogP contribution in [0, 0.1) is 5.41 Å². The fraction of sp³-hybridized carbons (Fsp3) is 0.385. The third kappa shape index (κ3) is 3.16. The van der Waals surface area contributed by atoms with Gasteiger partial charge in [-0.2, -0.15) is 0 Å². The minimum Gasteiger partial charge on any atom is -0.0791 e. The summed E-state index contributed by atoms with van der Waals surface area (Å²) >= 11 is 0. The number of benzene rings is 2. The highest BCUT2D eigenvalue weighted by Gasteiger charge is 2.49. The topological polar surface area (TPSA) is 0 Å². The summed E-state index contributed by atoms with van der Waals surface area (Å²) in [6.07, 6.45) is 8.57. The van der Waals surface area contributed by atoms with Gasteiger partial charge in [-0.15, -0.1) is 0 Å². The largest absolute Gasteiger partial charge is 0.0791 e. The Hall–Kier alpha value is -1.86. The number of fused-ring (bicyclic) bond motifs is 2. The highest BCUT2D eigenvalue weighted by atomic mass is 28.3. The molecule has 0 amide bonds. The van der Waals surface area contributed by atoms with Gasteiger partial charge in [0.15, 0.2) is 0 Å². The number of rotatable bonds is 4. The molecular formula is C26H32Si. The molecule has 0 nitrogen and oxygen atoms in total. The molecule has 0 saturated heterocycles. The van der Waals surface area contributed by atoms with Gasteiger partial charge in [-0.25, -0.2) is 0 Å². The normalized spacial score (nSPS) is 22.9. The first-order valence-corrected chi connectivity index (χ1v) is 13.3. The predicted molar refractivity (Wildman–Crippen MR) is 122 cm³/mol. The molecule has 140 valence electrons. The van der Waals surface area contributed by atoms with Crippen molar-refractivity contribution in [1.82, 2.24) is 0 Å². The summed E-state index contributed by atoms with van der Waals surface area (Å²) in [5, 5.41) is 0. The van der Waals surface area contributed by atoms with Gasteiger partial charge in [0.2, 0.25) is 0 Å². The smallest absolute Gasteiger partial charge is 0.0753 e. The summed E-state index contributed by atoms with van der Waals surface area (Å²) in [7, 11) is -1.76. The maximum absolute atomic E-state index is 2.69. The summed E-state index contributed by atoms with van der Waals surface area (Å²) in [4.78, 5) is 0. The van der Waals surface area contributed by atoms with Crippen molar-refractivity contribution in [3.05, 3.63) is 82.4 Å². The molecule has 27 heavy (non-hydrogen) atoms. The molecule has 2 aromatic carbocycles. The van der Waals surface area contributed by atoms with Crippen molar-refractivity contribution in [2.45, 2.75) is 57.8 Å². The predicted octanol–water partition coefficient (Wildman–Crippen LogP) is 7.59. The lowest BCUT2D eigenvalue weighted by atomic mass is 10.0. The Balaban J connectivity index is 1.88. The molecule has 0 N–H and O–H groups in total. The summed E-state index contributed by atoms with van der Waals surface area (Å²) < 4.78 is 0. The molecule has 3 atom stereocenters. The molecule has 2 aliphatic carbocycles. The average Bonchev–Trinajstić information content (AvgIpc) is 3.22. The summed E-state index contributed by atoms with van der Waals surface area (Å²) in [6.45, 7) is 12.3. The lowest BCUT2D eigenvalue weighted by Crippen LogP contribution is -2.47. The van der Waals surface area contributed by atoms with Crippen LogP contribution in [0.25, 0.3) is 12.2 Å². The highest BCUT2D eigenvalue weighted by molar-refractivity contribution is 6.83. The third-order valence-electron chi connectivity index (χ3n) is 6.51. The summed E-state index contributed by atoms with van der Waals surface area (Å²) in [5.41, 5.74) is 9.26. The Morgan fingerprint density at radius 1 is 0.889 bits per heavy atom. The van der Waals surface area contributed by atoms with Crippen molar-refractivity contribution in [2.24, 2.45) is 5.41 Å². The molecule has 4 rings (SSSR count). The van der Waals surface area contributed by atoms with E-state index in [1.54, 1.807) is 16.7 Å². The minimum absolute atomic E-state index is 0.336. The second kappa shape index (κ2) is 6.63. The van der Waals surface area contributed by atoms with Gasteiger partial charge in [0, 0.05) is 5.54 Å². The number of allylic oxidation sites excluding steroid dienone is 2. The Kier molecular flexibility index (Phi) is 4.54. The first kappa shape index (κ1) is 18.5. The Morgan fingerprint density at radius 2 is 1.52 bits per heavy atom. The minimum atomic E-state index is -1.76. The molecule has 3 unspecified atom stereocenters. The maximum atomic E-state index is 2.69. The van der Waals surface area contributed by atoms with Gasteiger partial charge in [0.25, 0.3) is 0 Å². The van der Waals surface area contributed by atoms with E-state index in [0.717, 1.165) is 6.42 Å². The van der Waals surface area contributed by atoms with E-state index >= 15 is 0 Å². The van der Waals surface area contributed by atoms with Crippen LogP contribution in [0.4, 0.5) is 0 Å². The Labute approximate surface area is 166 Å². The Morgan fingerprint density at radius 3 is 2.19 bits per heavy atom. The molecule has 0 bridgehead atoms. The molecule has 2 aliphatic rings. The van der Waals surface area contributed by atoms with Gasteiger partial charge in [0.1, 0.15) is 0 Å². The Bertz CT molecular complexity index is 912. The second-order valence-electron chi connectivity index (χ2n) is 9.84. The van der Waals surface area contributed by atoms with E-state index in [2.05, 4.69) is 101 Å². The van der Waals surface area contributed by atoms with Gasteiger partial charge >= 0.3 is 0 Å². The van der Waals surface area contributed by atoms with Crippen LogP contribution >= 0.6 is 0 Å². The first-order chi connectivity index (χ1) is 12.8. The quantitative estimate of drug-likeness (QED) is 0.485. The van der Waals surface area contributed by atoms with Gasteiger partial charge in [-0.05, 0) is 39.6 Å². The van der Waals surface area contributed by atoms with E-state index in [1.807, 2.05) is 0 Å². The van der Waals surface area contributed by atoms with Crippen LogP contribution < -0.4 is 0 Å². The summed E-state index contributed by atoms with van der Waals surface area (Å²) in [6, 6.07) is 19.6. The fourth-order valence-corrected chi connectivity index (χ4v) is 12.5. The average molecular weight is 373 g/mol. The monoisotopic (exact) mass is 372 g/mol. The van der Waals surface area contributed by atoms with Gasteiger partial charge in [0.05, 0.1) is 8.07 Å². The standard InChI is InChI=1S/C26H32Si/c1-6-19-17-21-12-8-10-14-23(21)25(19)27(5,18-26(2,3)4)24-16-15-20-11-7-9-13-22(20)24/h7-17,24-25H,6,18H2,1-5H3. The molecule has 0 fully saturated rings. The van der Waals surface area contributed by atoms with Crippen molar-refractivity contribution in [3.8, 4) is 0 Å². The lowest BCUT2D eigenvalue weighted by Gasteiger charge is -2.44. The van der Waals surface area contributed by atoms with Crippen LogP contribution in [-0.4, -0.2) is 8.07 Å². The van der Waals surface area contributed by atoms with Crippen molar-refractivity contribution >= 4 is 20.2 Å². The molecule has 2 aromatic rings. The zero-order chi connectivity index (χ0) is 19.2. The first-order valence-electron chi connectivity index (χ1n) is 10.4. The van der Waals surface area contributed by atoms with Crippen molar-refractivity contribution < 1.29 is 0 Å². The van der Waals surface area contributed by atoms with E-state index in [-0.39, 0.29) is 0 Å². The van der Waals surface area contributed by atoms with Gasteiger partial charge < -0.3 is 0 Å². The lowest BCUT2D eigenvalue weighted by molar-refractivity contribution is 0.456. The number of hydrogen-bond donors (Lipinski definition) is 0. The van der Waals surface area contributed by atoms with Crippen LogP contribution in [0.1, 0.15) is 67.5 Å². The van der Waals surface area contributed by atoms with Gasteiger partial charge in [-0.1, -0.05) is 113 Å². The van der Waals surface area contributed by atoms with Crippen LogP contribution in [-0.2, 0) is 0 Å². The maximum Gasteiger partial charge on any atom is 0.0753 e. The van der Waals surface area contributed by atoms with E-state index in [0.29, 0.717) is 16.5 Å². The second-order valence-corrected chi connectivity index (χ2v) is 14.4. The van der Waals surface area contributed by atoms with Crippen LogP contribution in [0.3, 0.4) is 0 Å². The van der Waals surface area contributed by atoms with E-state index < -0.39 is 8.07 Å². The van der Waals surface area contributed by atoms with Gasteiger partial charge in [-0.3, -0.25) is 0 Å². The van der Waals surface area contributed by atoms with Crippen LogP contribution in [0.2, 0.25) is 12.6 Å². The SMILES string of the molecule is CCC1=Cc2ccccc2C1[Si](C)(CC(C)(C)C)C1C=Cc2ccccc21. The molecule has 0 saturated carbocycles. The van der Waals surface area contributed by atoms with Crippen molar-refractivity contribution in [1.29, 1.82) is 0 Å². The van der Waals surface area contributed by atoms with Crippen molar-refractivity contribution in [3.63, 3.8) is 0 Å². The zero-order valence-electron chi connectivity index (χ0n) is 17.4. The fourth-order valence-electron chi connectivity index (χ4n) is 5.83. The molecule has 1 heteroatoms. The molecule has 0 heterocycles. The molecule has 0 aliphatic heterocycles. The third-order valence-corrected chi connectivity index (χ3v) is 12.3. The molecular weight excluding hydrogens is 340 g/mol. The molecule has 0 radical (unpaired) electrons. The number of hydrogen-bond acceptors (Lipinski definition) is 0. The molecule has 0 aromatic heterocycles. The van der Waals surface area contributed by atoms with E-state index in [1.165, 1.54) is 17.2 Å². The van der Waals surface area contributed by atoms with Crippen LogP contribution in [0.15, 0.2) is 60.2 Å².